The third kappa shape index (κ3) is 4.94. The maximum atomic E-state index is 12.3. The average Bonchev–Trinajstić information content (AvgIpc) is 2.68. The molecule has 0 bridgehead atoms. The Morgan fingerprint density at radius 3 is 2.42 bits per heavy atom. The third-order valence-corrected chi connectivity index (χ3v) is 4.52. The zero-order valence-corrected chi connectivity index (χ0v) is 15.3. The van der Waals surface area contributed by atoms with Crippen LogP contribution in [-0.4, -0.2) is 46.6 Å². The van der Waals surface area contributed by atoms with Gasteiger partial charge in [0.05, 0.1) is 0 Å². The van der Waals surface area contributed by atoms with Crippen molar-refractivity contribution < 1.29 is 14.3 Å². The normalized spacial score (nSPS) is 15.1. The fourth-order valence-corrected chi connectivity index (χ4v) is 2.90. The summed E-state index contributed by atoms with van der Waals surface area (Å²) in [4.78, 5) is 22.3. The number of hydrogen-bond acceptors (Lipinski definition) is 5. The highest BCUT2D eigenvalue weighted by atomic mass is 16.5. The van der Waals surface area contributed by atoms with Gasteiger partial charge in [0.15, 0.2) is 6.61 Å². The van der Waals surface area contributed by atoms with Crippen molar-refractivity contribution in [1.29, 1.82) is 0 Å². The van der Waals surface area contributed by atoms with Crippen molar-refractivity contribution in [2.45, 2.75) is 38.7 Å². The van der Waals surface area contributed by atoms with Crippen LogP contribution in [-0.2, 0) is 4.79 Å². The van der Waals surface area contributed by atoms with Gasteiger partial charge in [-0.15, -0.1) is 0 Å². The molecule has 3 rings (SSSR count). The molecule has 1 aliphatic heterocycles. The summed E-state index contributed by atoms with van der Waals surface area (Å²) < 4.78 is 11.4. The summed E-state index contributed by atoms with van der Waals surface area (Å²) in [5, 5.41) is 0. The lowest BCUT2D eigenvalue weighted by molar-refractivity contribution is -0.135. The molecule has 2 heterocycles. The lowest BCUT2D eigenvalue weighted by Gasteiger charge is -2.31. The summed E-state index contributed by atoms with van der Waals surface area (Å²) in [7, 11) is 0. The van der Waals surface area contributed by atoms with Crippen LogP contribution < -0.4 is 9.47 Å². The summed E-state index contributed by atoms with van der Waals surface area (Å²) in [5.41, 5.74) is 1.26. The number of carbonyl (C=O) groups is 1. The van der Waals surface area contributed by atoms with Crippen LogP contribution in [0.5, 0.6) is 11.8 Å². The number of rotatable bonds is 6. The van der Waals surface area contributed by atoms with Crippen molar-refractivity contribution in [3.05, 3.63) is 48.3 Å². The van der Waals surface area contributed by atoms with E-state index in [4.69, 9.17) is 9.47 Å². The van der Waals surface area contributed by atoms with E-state index in [1.54, 1.807) is 18.5 Å². The van der Waals surface area contributed by atoms with Crippen molar-refractivity contribution in [2.24, 2.45) is 0 Å². The van der Waals surface area contributed by atoms with Gasteiger partial charge < -0.3 is 14.4 Å². The van der Waals surface area contributed by atoms with Crippen molar-refractivity contribution in [1.82, 2.24) is 14.9 Å². The molecule has 6 heteroatoms. The Morgan fingerprint density at radius 2 is 1.81 bits per heavy atom. The topological polar surface area (TPSA) is 64.5 Å². The van der Waals surface area contributed by atoms with E-state index >= 15 is 0 Å². The largest absolute Gasteiger partial charge is 0.484 e. The molecular formula is C20H25N3O3. The molecule has 1 fully saturated rings. The summed E-state index contributed by atoms with van der Waals surface area (Å²) in [6, 6.07) is 10.1. The van der Waals surface area contributed by atoms with Crippen molar-refractivity contribution in [3.8, 4) is 11.8 Å². The number of nitrogens with zero attached hydrogens (tertiary/aromatic N) is 3. The first kappa shape index (κ1) is 18.2. The van der Waals surface area contributed by atoms with Gasteiger partial charge in [-0.1, -0.05) is 26.0 Å². The number of piperidine rings is 1. The van der Waals surface area contributed by atoms with Gasteiger partial charge in [-0.25, -0.2) is 9.97 Å². The van der Waals surface area contributed by atoms with E-state index in [1.807, 2.05) is 29.2 Å². The smallest absolute Gasteiger partial charge is 0.316 e. The Kier molecular flexibility index (Phi) is 6.04. The molecular weight excluding hydrogens is 330 g/mol. The lowest BCUT2D eigenvalue weighted by atomic mass is 10.0. The minimum Gasteiger partial charge on any atom is -0.484 e. The number of carbonyl (C=O) groups excluding carboxylic acids is 1. The second kappa shape index (κ2) is 8.65. The standard InChI is InChI=1S/C20H25N3O3/c1-15(2)16-4-6-17(7-5-16)25-14-19(24)23-12-8-18(9-13-23)26-20-21-10-3-11-22-20/h3-7,10-11,15,18H,8-9,12-14H2,1-2H3. The number of aromatic nitrogens is 2. The molecule has 1 aliphatic rings. The molecule has 0 aliphatic carbocycles. The fraction of sp³-hybridized carbons (Fsp3) is 0.450. The highest BCUT2D eigenvalue weighted by Crippen LogP contribution is 2.19. The minimum atomic E-state index is 0.00680. The predicted molar refractivity (Wildman–Crippen MR) is 98.3 cm³/mol. The van der Waals surface area contributed by atoms with Crippen molar-refractivity contribution >= 4 is 5.91 Å². The zero-order chi connectivity index (χ0) is 18.4. The molecule has 0 N–H and O–H groups in total. The summed E-state index contributed by atoms with van der Waals surface area (Å²) >= 11 is 0. The Hall–Kier alpha value is -2.63. The van der Waals surface area contributed by atoms with Gasteiger partial charge in [-0.05, 0) is 29.7 Å². The predicted octanol–water partition coefficient (Wildman–Crippen LogP) is 3.05. The maximum Gasteiger partial charge on any atom is 0.316 e. The second-order valence-corrected chi connectivity index (χ2v) is 6.74. The molecule has 0 spiro atoms. The first-order valence-electron chi connectivity index (χ1n) is 9.06. The van der Waals surface area contributed by atoms with E-state index < -0.39 is 0 Å². The van der Waals surface area contributed by atoms with Crippen LogP contribution in [0.25, 0.3) is 0 Å². The Labute approximate surface area is 154 Å². The van der Waals surface area contributed by atoms with E-state index in [9.17, 15) is 4.79 Å². The summed E-state index contributed by atoms with van der Waals surface area (Å²) in [6.45, 7) is 5.68. The fourth-order valence-electron chi connectivity index (χ4n) is 2.90. The number of hydrogen-bond donors (Lipinski definition) is 0. The summed E-state index contributed by atoms with van der Waals surface area (Å²) in [5.74, 6) is 1.21. The van der Waals surface area contributed by atoms with Gasteiger partial charge in [0, 0.05) is 38.3 Å². The Morgan fingerprint density at radius 1 is 1.15 bits per heavy atom. The van der Waals surface area contributed by atoms with Crippen molar-refractivity contribution in [3.63, 3.8) is 0 Å². The molecule has 138 valence electrons. The highest BCUT2D eigenvalue weighted by Gasteiger charge is 2.24. The number of likely N-dealkylation sites (tertiary alicyclic amines) is 1. The van der Waals surface area contributed by atoms with Gasteiger partial charge in [0.1, 0.15) is 11.9 Å². The monoisotopic (exact) mass is 355 g/mol. The molecule has 1 aromatic carbocycles. The van der Waals surface area contributed by atoms with Crippen LogP contribution in [0.1, 0.15) is 38.2 Å². The van der Waals surface area contributed by atoms with E-state index in [1.165, 1.54) is 5.56 Å². The van der Waals surface area contributed by atoms with Crippen LogP contribution in [0.15, 0.2) is 42.7 Å². The Bertz CT molecular complexity index is 696. The first-order chi connectivity index (χ1) is 12.6. The van der Waals surface area contributed by atoms with Gasteiger partial charge in [0.2, 0.25) is 0 Å². The molecule has 0 atom stereocenters. The Balaban J connectivity index is 1.42. The number of amides is 1. The quantitative estimate of drug-likeness (QED) is 0.797. The van der Waals surface area contributed by atoms with Gasteiger partial charge >= 0.3 is 6.01 Å². The zero-order valence-electron chi connectivity index (χ0n) is 15.3. The van der Waals surface area contributed by atoms with E-state index in [-0.39, 0.29) is 18.6 Å². The maximum absolute atomic E-state index is 12.3. The van der Waals surface area contributed by atoms with Crippen LogP contribution in [0.3, 0.4) is 0 Å². The van der Waals surface area contributed by atoms with Gasteiger partial charge in [-0.3, -0.25) is 4.79 Å². The van der Waals surface area contributed by atoms with Gasteiger partial charge in [-0.2, -0.15) is 0 Å². The van der Waals surface area contributed by atoms with Crippen LogP contribution >= 0.6 is 0 Å². The summed E-state index contributed by atoms with van der Waals surface area (Å²) in [6.07, 6.45) is 4.91. The molecule has 1 amide bonds. The molecule has 0 saturated carbocycles. The molecule has 0 radical (unpaired) electrons. The molecule has 1 aromatic heterocycles. The van der Waals surface area contributed by atoms with Gasteiger partial charge in [0.25, 0.3) is 5.91 Å². The molecule has 2 aromatic rings. The van der Waals surface area contributed by atoms with E-state index in [2.05, 4.69) is 23.8 Å². The van der Waals surface area contributed by atoms with Crippen LogP contribution in [0.4, 0.5) is 0 Å². The second-order valence-electron chi connectivity index (χ2n) is 6.74. The van der Waals surface area contributed by atoms with E-state index in [0.29, 0.717) is 25.0 Å². The van der Waals surface area contributed by atoms with Crippen LogP contribution in [0.2, 0.25) is 0 Å². The average molecular weight is 355 g/mol. The SMILES string of the molecule is CC(C)c1ccc(OCC(=O)N2CCC(Oc3ncccn3)CC2)cc1. The lowest BCUT2D eigenvalue weighted by Crippen LogP contribution is -2.43. The van der Waals surface area contributed by atoms with Crippen LogP contribution in [0, 0.1) is 0 Å². The van der Waals surface area contributed by atoms with E-state index in [0.717, 1.165) is 18.6 Å². The first-order valence-corrected chi connectivity index (χ1v) is 9.06. The molecule has 1 saturated heterocycles. The third-order valence-electron chi connectivity index (χ3n) is 4.52. The van der Waals surface area contributed by atoms with Crippen molar-refractivity contribution in [2.75, 3.05) is 19.7 Å². The highest BCUT2D eigenvalue weighted by molar-refractivity contribution is 5.77. The molecule has 6 nitrogen and oxygen atoms in total. The number of benzene rings is 1. The number of ether oxygens (including phenoxy) is 2. The molecule has 26 heavy (non-hydrogen) atoms. The minimum absolute atomic E-state index is 0.00680. The molecule has 0 unspecified atom stereocenters.